The summed E-state index contributed by atoms with van der Waals surface area (Å²) in [5.74, 6) is 4.78. The van der Waals surface area contributed by atoms with Crippen LogP contribution in [0.3, 0.4) is 0 Å². The molecule has 4 aromatic rings. The molecular weight excluding hydrogens is 499 g/mol. The molecule has 3 aromatic carbocycles. The van der Waals surface area contributed by atoms with E-state index in [0.29, 0.717) is 6.04 Å². The van der Waals surface area contributed by atoms with Crippen molar-refractivity contribution in [1.82, 2.24) is 4.90 Å². The summed E-state index contributed by atoms with van der Waals surface area (Å²) in [6, 6.07) is 27.0. The number of rotatable bonds is 3. The Morgan fingerprint density at radius 3 is 2.03 bits per heavy atom. The van der Waals surface area contributed by atoms with Crippen LogP contribution < -0.4 is 0 Å². The van der Waals surface area contributed by atoms with Crippen molar-refractivity contribution in [2.75, 3.05) is 14.1 Å². The minimum atomic E-state index is -0.143. The van der Waals surface area contributed by atoms with Gasteiger partial charge in [0.1, 0.15) is 0 Å². The van der Waals surface area contributed by atoms with Gasteiger partial charge in [-0.2, -0.15) is 18.2 Å². The summed E-state index contributed by atoms with van der Waals surface area (Å²) in [7, 11) is 8.55. The van der Waals surface area contributed by atoms with Crippen LogP contribution in [0.4, 0.5) is 0 Å². The first-order valence-electron chi connectivity index (χ1n) is 9.85. The Kier molecular flexibility index (Phi) is 10.3. The Morgan fingerprint density at radius 1 is 0.867 bits per heavy atom. The van der Waals surface area contributed by atoms with E-state index in [1.54, 1.807) is 0 Å². The van der Waals surface area contributed by atoms with Crippen LogP contribution in [0, 0.1) is 19.9 Å². The first-order valence-corrected chi connectivity index (χ1v) is 13.3. The molecule has 0 aliphatic rings. The third-order valence-corrected chi connectivity index (χ3v) is 7.54. The second-order valence-electron chi connectivity index (χ2n) is 7.50. The average Bonchev–Trinajstić information content (AvgIpc) is 3.13. The van der Waals surface area contributed by atoms with E-state index in [-0.39, 0.29) is 7.53 Å². The number of aryl methyl sites for hydroxylation is 2. The summed E-state index contributed by atoms with van der Waals surface area (Å²) in [5.41, 5.74) is 4.23. The van der Waals surface area contributed by atoms with E-state index < -0.39 is 0 Å². The van der Waals surface area contributed by atoms with Crippen molar-refractivity contribution in [3.8, 4) is 5.30 Å². The summed E-state index contributed by atoms with van der Waals surface area (Å²) < 4.78 is 0. The van der Waals surface area contributed by atoms with Crippen molar-refractivity contribution < 1.29 is 18.2 Å². The normalized spacial score (nSPS) is 11.4. The second kappa shape index (κ2) is 12.5. The number of hydrogen-bond acceptors (Lipinski definition) is 1. The Bertz CT molecular complexity index is 1020. The van der Waals surface area contributed by atoms with Crippen LogP contribution in [0.15, 0.2) is 78.3 Å². The number of benzene rings is 3. The van der Waals surface area contributed by atoms with Crippen molar-refractivity contribution >= 4 is 27.8 Å². The topological polar surface area (TPSA) is 3.24 Å². The first-order chi connectivity index (χ1) is 14.5. The van der Waals surface area contributed by atoms with Gasteiger partial charge in [-0.25, -0.2) is 0 Å². The van der Waals surface area contributed by atoms with Gasteiger partial charge in [-0.15, -0.1) is 22.4 Å². The number of hydrogen-bond donors (Lipinski definition) is 0. The van der Waals surface area contributed by atoms with Gasteiger partial charge in [-0.1, -0.05) is 63.0 Å². The zero-order valence-corrected chi connectivity index (χ0v) is 21.4. The monoisotopic (exact) mass is 527 g/mol. The van der Waals surface area contributed by atoms with Gasteiger partial charge < -0.3 is 4.90 Å². The van der Waals surface area contributed by atoms with E-state index in [0.717, 1.165) is 0 Å². The van der Waals surface area contributed by atoms with Crippen LogP contribution in [0.2, 0.25) is 0 Å². The van der Waals surface area contributed by atoms with E-state index in [1.165, 1.54) is 32.8 Å². The van der Waals surface area contributed by atoms with Gasteiger partial charge in [0.2, 0.25) is 0 Å². The molecule has 0 fully saturated rings. The minimum absolute atomic E-state index is 0.143. The molecule has 160 valence electrons. The Hall–Kier alpha value is -1.39. The predicted molar refractivity (Wildman–Crippen MR) is 131 cm³/mol. The van der Waals surface area contributed by atoms with Crippen LogP contribution in [0.25, 0.3) is 16.1 Å². The fourth-order valence-corrected chi connectivity index (χ4v) is 5.35. The molecule has 1 nitrogen and oxygen atoms in total. The first kappa shape index (κ1) is 24.9. The molecule has 1 heterocycles. The van der Waals surface area contributed by atoms with Crippen molar-refractivity contribution in [3.63, 3.8) is 0 Å². The fourth-order valence-electron chi connectivity index (χ4n) is 3.22. The average molecular weight is 528 g/mol. The molecule has 0 aliphatic heterocycles. The van der Waals surface area contributed by atoms with Gasteiger partial charge in [0.05, 0.1) is 0 Å². The number of halogens is 1. The Labute approximate surface area is 197 Å². The van der Waals surface area contributed by atoms with Crippen LogP contribution >= 0.6 is 17.1 Å². The molecule has 0 spiro atoms. The molecule has 0 aliphatic carbocycles. The molecule has 4 rings (SSSR count). The molecule has 0 radical (unpaired) electrons. The molecule has 0 amide bonds. The quantitative estimate of drug-likeness (QED) is 0.191. The summed E-state index contributed by atoms with van der Waals surface area (Å²) in [5, 5.41) is 4.05. The molecule has 0 saturated carbocycles. The molecule has 0 unspecified atom stereocenters. The maximum atomic E-state index is 4.49. The Morgan fingerprint density at radius 2 is 1.43 bits per heavy atom. The number of nitrogens with zero attached hydrogens (tertiary/aromatic N) is 1. The summed E-state index contributed by atoms with van der Waals surface area (Å²) in [6.45, 7) is 6.60. The standard InChI is InChI=1S/C14H16N.C12H13P.ClH.Pd/c1-11(15(2)3)13-10-6-8-12-7-4-5-9-14(12)13;1-10-8-13(9-11(10)2)12-6-4-3-5-7-12;;/h4-5,7-11H,1-3H3;3-9H,1-2H3;1H;/q-1;;;+2/p-1/t11-;;;/m0.../s1. The van der Waals surface area contributed by atoms with Crippen molar-refractivity contribution in [2.24, 2.45) is 0 Å². The van der Waals surface area contributed by atoms with Gasteiger partial charge in [0.25, 0.3) is 0 Å². The zero-order valence-electron chi connectivity index (χ0n) is 18.2. The molecular formula is C26H29ClNPPd. The molecule has 0 bridgehead atoms. The molecule has 4 heteroatoms. The van der Waals surface area contributed by atoms with E-state index in [9.17, 15) is 0 Å². The van der Waals surface area contributed by atoms with Crippen LogP contribution in [0.1, 0.15) is 29.7 Å². The van der Waals surface area contributed by atoms with Gasteiger partial charge in [-0.05, 0) is 62.0 Å². The van der Waals surface area contributed by atoms with Crippen LogP contribution in [-0.2, 0) is 18.2 Å². The molecule has 1 atom stereocenters. The van der Waals surface area contributed by atoms with Gasteiger partial charge in [0, 0.05) is 0 Å². The van der Waals surface area contributed by atoms with E-state index in [1.807, 2.05) is 6.07 Å². The van der Waals surface area contributed by atoms with Crippen molar-refractivity contribution in [2.45, 2.75) is 26.8 Å². The van der Waals surface area contributed by atoms with Crippen molar-refractivity contribution in [3.05, 3.63) is 101 Å². The van der Waals surface area contributed by atoms with Gasteiger partial charge >= 0.3 is 27.7 Å². The zero-order chi connectivity index (χ0) is 22.1. The molecule has 0 N–H and O–H groups in total. The summed E-state index contributed by atoms with van der Waals surface area (Å²) in [6.07, 6.45) is 0. The second-order valence-corrected chi connectivity index (χ2v) is 9.35. The molecule has 1 aromatic heterocycles. The van der Waals surface area contributed by atoms with Crippen molar-refractivity contribution in [1.29, 1.82) is 0 Å². The van der Waals surface area contributed by atoms with Gasteiger partial charge in [0.15, 0.2) is 0 Å². The fraction of sp³-hybridized carbons (Fsp3) is 0.231. The van der Waals surface area contributed by atoms with E-state index in [4.69, 9.17) is 0 Å². The van der Waals surface area contributed by atoms with E-state index in [2.05, 4.69) is 146 Å². The van der Waals surface area contributed by atoms with Gasteiger partial charge in [-0.3, -0.25) is 0 Å². The number of fused-ring (bicyclic) bond motifs is 1. The third kappa shape index (κ3) is 6.55. The van der Waals surface area contributed by atoms with Crippen LogP contribution in [0.5, 0.6) is 0 Å². The molecule has 0 saturated heterocycles. The summed E-state index contributed by atoms with van der Waals surface area (Å²) in [4.78, 5) is 2.22. The molecule has 30 heavy (non-hydrogen) atoms. The van der Waals surface area contributed by atoms with E-state index >= 15 is 0 Å². The maximum absolute atomic E-state index is 4.49. The predicted octanol–water partition coefficient (Wildman–Crippen LogP) is 8.23. The van der Waals surface area contributed by atoms with Crippen LogP contribution in [-0.4, -0.2) is 19.0 Å². The summed E-state index contributed by atoms with van der Waals surface area (Å²) >= 11 is 2.22. The Balaban J connectivity index is 0.000000199. The SMILES string of the molecule is C[C@@H](c1c[c-]cc2ccccc12)N(C)C.Cc1cp(-c2ccccc2)cc1C.[Cl][Pd+]. The third-order valence-electron chi connectivity index (χ3n) is 5.32.